The second kappa shape index (κ2) is 6.99. The van der Waals surface area contributed by atoms with E-state index in [-0.39, 0.29) is 11.6 Å². The van der Waals surface area contributed by atoms with E-state index < -0.39 is 0 Å². The number of nitrogens with two attached hydrogens (primary N) is 2. The molecule has 8 heteroatoms. The van der Waals surface area contributed by atoms with Crippen molar-refractivity contribution in [1.82, 2.24) is 20.2 Å². The van der Waals surface area contributed by atoms with Crippen molar-refractivity contribution in [1.29, 1.82) is 0 Å². The Balaban J connectivity index is 1.88. The number of para-hydroxylation sites is 2. The lowest BCUT2D eigenvalue weighted by Crippen LogP contribution is -2.08. The summed E-state index contributed by atoms with van der Waals surface area (Å²) in [4.78, 5) is 9.31. The first kappa shape index (κ1) is 17.5. The molecule has 0 unspecified atom stereocenters. The van der Waals surface area contributed by atoms with Crippen LogP contribution in [0.15, 0.2) is 48.5 Å². The van der Waals surface area contributed by atoms with Gasteiger partial charge in [-0.3, -0.25) is 0 Å². The number of nitrogens with zero attached hydrogens (tertiary/aromatic N) is 4. The fourth-order valence-electron chi connectivity index (χ4n) is 2.85. The Morgan fingerprint density at radius 2 is 1.04 bits per heavy atom. The average Bonchev–Trinajstić information content (AvgIpc) is 2.69. The molecule has 28 heavy (non-hydrogen) atoms. The molecule has 2 aromatic heterocycles. The van der Waals surface area contributed by atoms with Gasteiger partial charge in [-0.1, -0.05) is 36.4 Å². The third-order valence-corrected chi connectivity index (χ3v) is 4.44. The SMILES string of the molecule is Cc1ccccc1Nc1nc2c(N)nnc(N)c2nc1Nc1ccccc1C. The predicted molar refractivity (Wildman–Crippen MR) is 113 cm³/mol. The second-order valence-electron chi connectivity index (χ2n) is 6.47. The molecule has 0 aliphatic heterocycles. The zero-order valence-electron chi connectivity index (χ0n) is 15.6. The minimum atomic E-state index is 0.173. The lowest BCUT2D eigenvalue weighted by atomic mass is 10.2. The third-order valence-electron chi connectivity index (χ3n) is 4.44. The molecule has 0 aliphatic carbocycles. The van der Waals surface area contributed by atoms with Crippen molar-refractivity contribution in [2.45, 2.75) is 13.8 Å². The summed E-state index contributed by atoms with van der Waals surface area (Å²) < 4.78 is 0. The summed E-state index contributed by atoms with van der Waals surface area (Å²) in [5.41, 5.74) is 16.7. The Labute approximate surface area is 162 Å². The highest BCUT2D eigenvalue weighted by atomic mass is 15.2. The monoisotopic (exact) mass is 372 g/mol. The van der Waals surface area contributed by atoms with Crippen LogP contribution in [-0.4, -0.2) is 20.2 Å². The largest absolute Gasteiger partial charge is 0.380 e. The highest BCUT2D eigenvalue weighted by molar-refractivity contribution is 5.94. The number of fused-ring (bicyclic) bond motifs is 1. The predicted octanol–water partition coefficient (Wildman–Crippen LogP) is 3.69. The van der Waals surface area contributed by atoms with Crippen molar-refractivity contribution >= 4 is 45.7 Å². The van der Waals surface area contributed by atoms with Crippen LogP contribution in [0.25, 0.3) is 11.0 Å². The molecule has 2 aromatic carbocycles. The summed E-state index contributed by atoms with van der Waals surface area (Å²) in [5.74, 6) is 1.38. The summed E-state index contributed by atoms with van der Waals surface area (Å²) in [7, 11) is 0. The van der Waals surface area contributed by atoms with Gasteiger partial charge in [0.1, 0.15) is 11.0 Å². The molecule has 0 radical (unpaired) electrons. The number of nitrogens with one attached hydrogen (secondary N) is 2. The van der Waals surface area contributed by atoms with E-state index in [0.717, 1.165) is 22.5 Å². The third kappa shape index (κ3) is 3.23. The van der Waals surface area contributed by atoms with Gasteiger partial charge in [-0.15, -0.1) is 10.2 Å². The van der Waals surface area contributed by atoms with Crippen molar-refractivity contribution in [2.75, 3.05) is 22.1 Å². The van der Waals surface area contributed by atoms with Gasteiger partial charge >= 0.3 is 0 Å². The van der Waals surface area contributed by atoms with E-state index in [2.05, 4.69) is 30.8 Å². The molecular weight excluding hydrogens is 352 g/mol. The van der Waals surface area contributed by atoms with Gasteiger partial charge in [0.15, 0.2) is 23.3 Å². The molecule has 140 valence electrons. The van der Waals surface area contributed by atoms with E-state index in [1.807, 2.05) is 62.4 Å². The van der Waals surface area contributed by atoms with Crippen molar-refractivity contribution in [3.05, 3.63) is 59.7 Å². The number of aryl methyl sites for hydroxylation is 2. The van der Waals surface area contributed by atoms with E-state index in [1.54, 1.807) is 0 Å². The molecule has 0 fully saturated rings. The molecule has 0 saturated heterocycles. The van der Waals surface area contributed by atoms with Crippen molar-refractivity contribution in [3.63, 3.8) is 0 Å². The van der Waals surface area contributed by atoms with Crippen LogP contribution < -0.4 is 22.1 Å². The van der Waals surface area contributed by atoms with Crippen LogP contribution in [0.4, 0.5) is 34.6 Å². The Morgan fingerprint density at radius 1 is 0.643 bits per heavy atom. The van der Waals surface area contributed by atoms with Crippen LogP contribution in [0, 0.1) is 13.8 Å². The molecule has 0 aliphatic rings. The number of rotatable bonds is 4. The highest BCUT2D eigenvalue weighted by Crippen LogP contribution is 2.31. The fourth-order valence-corrected chi connectivity index (χ4v) is 2.85. The summed E-state index contributed by atoms with van der Waals surface area (Å²) in [6.45, 7) is 4.03. The number of aromatic nitrogens is 4. The number of anilines is 6. The van der Waals surface area contributed by atoms with Gasteiger partial charge in [-0.05, 0) is 37.1 Å². The Hall–Kier alpha value is -3.94. The number of hydrogen-bond acceptors (Lipinski definition) is 8. The minimum absolute atomic E-state index is 0.173. The van der Waals surface area contributed by atoms with E-state index >= 15 is 0 Å². The average molecular weight is 372 g/mol. The van der Waals surface area contributed by atoms with Crippen LogP contribution in [-0.2, 0) is 0 Å². The second-order valence-corrected chi connectivity index (χ2v) is 6.47. The maximum absolute atomic E-state index is 5.96. The first-order chi connectivity index (χ1) is 13.5. The van der Waals surface area contributed by atoms with Gasteiger partial charge in [0.25, 0.3) is 0 Å². The van der Waals surface area contributed by atoms with Crippen LogP contribution >= 0.6 is 0 Å². The van der Waals surface area contributed by atoms with Crippen molar-refractivity contribution in [2.24, 2.45) is 0 Å². The maximum atomic E-state index is 5.96. The zero-order chi connectivity index (χ0) is 19.7. The van der Waals surface area contributed by atoms with Crippen LogP contribution in [0.1, 0.15) is 11.1 Å². The normalized spacial score (nSPS) is 10.8. The molecule has 4 aromatic rings. The first-order valence-corrected chi connectivity index (χ1v) is 8.77. The van der Waals surface area contributed by atoms with Crippen LogP contribution in [0.2, 0.25) is 0 Å². The molecule has 0 bridgehead atoms. The van der Waals surface area contributed by atoms with E-state index in [9.17, 15) is 0 Å². The standard InChI is InChI=1S/C20H20N8/c1-11-7-3-5-9-13(11)23-19-20(24-14-10-6-4-8-12(14)2)26-16-15(25-19)17(21)27-28-18(16)22/h3-10H,1-2H3,(H2,21,27)(H2,22,28)(H,23,25)(H,24,26). The van der Waals surface area contributed by atoms with Gasteiger partial charge in [-0.2, -0.15) is 0 Å². The summed E-state index contributed by atoms with van der Waals surface area (Å²) >= 11 is 0. The van der Waals surface area contributed by atoms with E-state index in [0.29, 0.717) is 22.7 Å². The molecule has 0 amide bonds. The molecule has 2 heterocycles. The molecule has 0 saturated carbocycles. The van der Waals surface area contributed by atoms with Gasteiger partial charge in [0.05, 0.1) is 0 Å². The molecule has 8 nitrogen and oxygen atoms in total. The van der Waals surface area contributed by atoms with Crippen LogP contribution in [0.3, 0.4) is 0 Å². The van der Waals surface area contributed by atoms with E-state index in [4.69, 9.17) is 11.5 Å². The van der Waals surface area contributed by atoms with Crippen molar-refractivity contribution < 1.29 is 0 Å². The minimum Gasteiger partial charge on any atom is -0.380 e. The topological polar surface area (TPSA) is 128 Å². The molecule has 4 rings (SSSR count). The summed E-state index contributed by atoms with van der Waals surface area (Å²) in [5, 5.41) is 14.4. The molecule has 0 spiro atoms. The Bertz CT molecular complexity index is 1080. The first-order valence-electron chi connectivity index (χ1n) is 8.77. The lowest BCUT2D eigenvalue weighted by Gasteiger charge is -2.16. The summed E-state index contributed by atoms with van der Waals surface area (Å²) in [6, 6.07) is 15.8. The zero-order valence-corrected chi connectivity index (χ0v) is 15.6. The highest BCUT2D eigenvalue weighted by Gasteiger charge is 2.16. The number of hydrogen-bond donors (Lipinski definition) is 4. The van der Waals surface area contributed by atoms with Crippen LogP contribution in [0.5, 0.6) is 0 Å². The Kier molecular flexibility index (Phi) is 4.36. The van der Waals surface area contributed by atoms with E-state index in [1.165, 1.54) is 0 Å². The van der Waals surface area contributed by atoms with Gasteiger partial charge in [0, 0.05) is 11.4 Å². The molecular formula is C20H20N8. The smallest absolute Gasteiger partial charge is 0.174 e. The number of benzene rings is 2. The van der Waals surface area contributed by atoms with Gasteiger partial charge in [0.2, 0.25) is 0 Å². The lowest BCUT2D eigenvalue weighted by molar-refractivity contribution is 1.06. The fraction of sp³-hybridized carbons (Fsp3) is 0.100. The van der Waals surface area contributed by atoms with Gasteiger partial charge < -0.3 is 22.1 Å². The maximum Gasteiger partial charge on any atom is 0.174 e. The summed E-state index contributed by atoms with van der Waals surface area (Å²) in [6.07, 6.45) is 0. The number of nitrogen functional groups attached to an aromatic ring is 2. The molecule has 0 atom stereocenters. The quantitative estimate of drug-likeness (QED) is 0.427. The van der Waals surface area contributed by atoms with Gasteiger partial charge in [-0.25, -0.2) is 9.97 Å². The Morgan fingerprint density at radius 3 is 1.43 bits per heavy atom. The molecule has 6 N–H and O–H groups in total. The van der Waals surface area contributed by atoms with Crippen molar-refractivity contribution in [3.8, 4) is 0 Å².